The van der Waals surface area contributed by atoms with E-state index in [2.05, 4.69) is 39.0 Å². The van der Waals surface area contributed by atoms with Gasteiger partial charge in [-0.15, -0.1) is 0 Å². The lowest BCUT2D eigenvalue weighted by atomic mass is 9.89. The largest absolute Gasteiger partial charge is 0.353 e. The molecule has 8 atom stereocenters. The Morgan fingerprint density at radius 2 is 1.79 bits per heavy atom. The van der Waals surface area contributed by atoms with Gasteiger partial charge in [0, 0.05) is 32.0 Å². The minimum atomic E-state index is -0.116. The quantitative estimate of drug-likeness (QED) is 0.397. The summed E-state index contributed by atoms with van der Waals surface area (Å²) in [5.74, 6) is 1.86. The Hall–Kier alpha value is -1.01. The minimum absolute atomic E-state index is 0.00793. The third-order valence-electron chi connectivity index (χ3n) is 7.91. The summed E-state index contributed by atoms with van der Waals surface area (Å²) < 4.78 is 24.8. The van der Waals surface area contributed by atoms with Gasteiger partial charge in [-0.05, 0) is 83.0 Å². The number of rotatable bonds is 9. The van der Waals surface area contributed by atoms with Gasteiger partial charge in [-0.1, -0.05) is 30.7 Å². The molecule has 2 heterocycles. The van der Waals surface area contributed by atoms with Gasteiger partial charge in [-0.25, -0.2) is 0 Å². The molecule has 0 amide bonds. The first-order valence-electron chi connectivity index (χ1n) is 13.4. The van der Waals surface area contributed by atoms with Crippen molar-refractivity contribution < 1.29 is 23.7 Å². The highest BCUT2D eigenvalue weighted by Gasteiger charge is 2.48. The molecular weight excluding hydrogens is 416 g/mol. The zero-order chi connectivity index (χ0) is 23.2. The number of hydrogen-bond donors (Lipinski definition) is 0. The summed E-state index contributed by atoms with van der Waals surface area (Å²) in [5.41, 5.74) is 1.34. The van der Waals surface area contributed by atoms with E-state index >= 15 is 0 Å². The predicted octanol–water partition coefficient (Wildman–Crippen LogP) is 5.97. The standard InChI is InChI=1S/C28H44O5/c1-19(2)10-11-20(3)25(32-27-8-4-6-14-30-27)13-12-23-24-18-22(29)16-21(24)17-26(23)33-28-9-5-7-15-31-28/h10,12-13,20-21,23-28H,4-9,11,14-18H2,1-3H3/b13-12+/t20?,21-,23+,24-,25+,26+,27?,28?/m0/s1. The molecule has 2 aliphatic heterocycles. The Bertz CT molecular complexity index is 684. The van der Waals surface area contributed by atoms with E-state index in [4.69, 9.17) is 18.9 Å². The molecule has 0 aromatic carbocycles. The summed E-state index contributed by atoms with van der Waals surface area (Å²) in [4.78, 5) is 12.2. The molecule has 186 valence electrons. The molecule has 5 nitrogen and oxygen atoms in total. The topological polar surface area (TPSA) is 54.0 Å². The molecule has 0 aromatic rings. The fourth-order valence-corrected chi connectivity index (χ4v) is 5.98. The van der Waals surface area contributed by atoms with Crippen LogP contribution >= 0.6 is 0 Å². The highest BCUT2D eigenvalue weighted by atomic mass is 16.7. The van der Waals surface area contributed by atoms with E-state index in [9.17, 15) is 4.79 Å². The number of allylic oxidation sites excluding steroid dienone is 2. The van der Waals surface area contributed by atoms with E-state index in [1.807, 2.05) is 0 Å². The van der Waals surface area contributed by atoms with Gasteiger partial charge in [0.05, 0.1) is 12.2 Å². The van der Waals surface area contributed by atoms with E-state index in [0.29, 0.717) is 36.4 Å². The van der Waals surface area contributed by atoms with Gasteiger partial charge in [-0.2, -0.15) is 0 Å². The number of ether oxygens (including phenoxy) is 4. The van der Waals surface area contributed by atoms with Crippen LogP contribution in [0.3, 0.4) is 0 Å². The Labute approximate surface area is 200 Å². The lowest BCUT2D eigenvalue weighted by Gasteiger charge is -2.31. The second-order valence-corrected chi connectivity index (χ2v) is 10.9. The van der Waals surface area contributed by atoms with Crippen LogP contribution in [0, 0.1) is 23.7 Å². The van der Waals surface area contributed by atoms with Crippen LogP contribution in [-0.4, -0.2) is 43.8 Å². The Kier molecular flexibility index (Phi) is 9.20. The van der Waals surface area contributed by atoms with Gasteiger partial charge in [0.25, 0.3) is 0 Å². The van der Waals surface area contributed by atoms with Crippen molar-refractivity contribution in [2.75, 3.05) is 13.2 Å². The highest BCUT2D eigenvalue weighted by Crippen LogP contribution is 2.48. The average Bonchev–Trinajstić information content (AvgIpc) is 3.31. The number of fused-ring (bicyclic) bond motifs is 1. The zero-order valence-electron chi connectivity index (χ0n) is 20.9. The first-order chi connectivity index (χ1) is 16.0. The molecule has 0 radical (unpaired) electrons. The van der Waals surface area contributed by atoms with Crippen LogP contribution < -0.4 is 0 Å². The van der Waals surface area contributed by atoms with Crippen molar-refractivity contribution in [3.63, 3.8) is 0 Å². The van der Waals surface area contributed by atoms with E-state index in [-0.39, 0.29) is 30.7 Å². The molecule has 0 bridgehead atoms. The molecule has 33 heavy (non-hydrogen) atoms. The molecular formula is C28H44O5. The zero-order valence-corrected chi connectivity index (χ0v) is 20.9. The van der Waals surface area contributed by atoms with E-state index in [0.717, 1.165) is 58.2 Å². The molecule has 3 unspecified atom stereocenters. The number of ketones is 1. The summed E-state index contributed by atoms with van der Waals surface area (Å²) in [6.45, 7) is 8.14. The molecule has 2 saturated heterocycles. The molecule has 4 fully saturated rings. The number of Topliss-reactive ketones (excluding diaryl/α,β-unsaturated/α-hetero) is 1. The van der Waals surface area contributed by atoms with Crippen molar-refractivity contribution in [3.8, 4) is 0 Å². The Morgan fingerprint density at radius 3 is 2.45 bits per heavy atom. The number of carbonyl (C=O) groups is 1. The lowest BCUT2D eigenvalue weighted by molar-refractivity contribution is -0.193. The smallest absolute Gasteiger partial charge is 0.158 e. The maximum atomic E-state index is 12.2. The van der Waals surface area contributed by atoms with Gasteiger partial charge < -0.3 is 18.9 Å². The fourth-order valence-electron chi connectivity index (χ4n) is 5.98. The summed E-state index contributed by atoms with van der Waals surface area (Å²) >= 11 is 0. The maximum absolute atomic E-state index is 12.2. The van der Waals surface area contributed by atoms with Gasteiger partial charge in [0.1, 0.15) is 5.78 Å². The van der Waals surface area contributed by atoms with Crippen molar-refractivity contribution in [2.24, 2.45) is 23.7 Å². The minimum Gasteiger partial charge on any atom is -0.353 e. The molecule has 0 aromatic heterocycles. The molecule has 2 aliphatic carbocycles. The molecule has 5 heteroatoms. The summed E-state index contributed by atoms with van der Waals surface area (Å²) in [7, 11) is 0. The maximum Gasteiger partial charge on any atom is 0.158 e. The van der Waals surface area contributed by atoms with Crippen molar-refractivity contribution >= 4 is 5.78 Å². The van der Waals surface area contributed by atoms with Crippen LogP contribution in [0.2, 0.25) is 0 Å². The van der Waals surface area contributed by atoms with Crippen LogP contribution in [0.4, 0.5) is 0 Å². The number of carbonyl (C=O) groups excluding carboxylic acids is 1. The third-order valence-corrected chi connectivity index (χ3v) is 7.91. The molecule has 2 saturated carbocycles. The van der Waals surface area contributed by atoms with Crippen LogP contribution in [0.15, 0.2) is 23.8 Å². The molecule has 0 N–H and O–H groups in total. The van der Waals surface area contributed by atoms with Crippen LogP contribution in [0.25, 0.3) is 0 Å². The van der Waals surface area contributed by atoms with Crippen LogP contribution in [0.5, 0.6) is 0 Å². The second-order valence-electron chi connectivity index (χ2n) is 10.9. The first kappa shape index (κ1) is 25.1. The van der Waals surface area contributed by atoms with Crippen LogP contribution in [0.1, 0.15) is 85.0 Å². The Morgan fingerprint density at radius 1 is 1.06 bits per heavy atom. The van der Waals surface area contributed by atoms with E-state index in [1.165, 1.54) is 12.0 Å². The van der Waals surface area contributed by atoms with Gasteiger partial charge in [-0.3, -0.25) is 4.79 Å². The predicted molar refractivity (Wildman–Crippen MR) is 129 cm³/mol. The SMILES string of the molecule is CC(C)=CCC(C)[C@@H](/C=C/[C@@H]1[C@H]2CC(=O)C[C@H]2C[C@H]1OC1CCCCO1)OC1CCCCO1. The average molecular weight is 461 g/mol. The number of hydrogen-bond acceptors (Lipinski definition) is 5. The summed E-state index contributed by atoms with van der Waals surface area (Å²) in [6.07, 6.45) is 16.7. The summed E-state index contributed by atoms with van der Waals surface area (Å²) in [5, 5.41) is 0. The fraction of sp³-hybridized carbons (Fsp3) is 0.821. The van der Waals surface area contributed by atoms with Crippen LogP contribution in [-0.2, 0) is 23.7 Å². The molecule has 4 rings (SSSR count). The van der Waals surface area contributed by atoms with Crippen molar-refractivity contribution in [3.05, 3.63) is 23.8 Å². The van der Waals surface area contributed by atoms with Gasteiger partial charge >= 0.3 is 0 Å². The van der Waals surface area contributed by atoms with Gasteiger partial charge in [0.2, 0.25) is 0 Å². The van der Waals surface area contributed by atoms with Gasteiger partial charge in [0.15, 0.2) is 12.6 Å². The van der Waals surface area contributed by atoms with Crippen molar-refractivity contribution in [1.29, 1.82) is 0 Å². The highest BCUT2D eigenvalue weighted by molar-refractivity contribution is 5.81. The Balaban J connectivity index is 1.47. The molecule has 0 spiro atoms. The van der Waals surface area contributed by atoms with E-state index in [1.54, 1.807) is 0 Å². The normalized spacial score (nSPS) is 36.6. The summed E-state index contributed by atoms with van der Waals surface area (Å²) in [6, 6.07) is 0. The first-order valence-corrected chi connectivity index (χ1v) is 13.4. The third kappa shape index (κ3) is 7.00. The molecule has 4 aliphatic rings. The monoisotopic (exact) mass is 460 g/mol. The lowest BCUT2D eigenvalue weighted by Crippen LogP contribution is -2.32. The van der Waals surface area contributed by atoms with Crippen molar-refractivity contribution in [1.82, 2.24) is 0 Å². The van der Waals surface area contributed by atoms with Crippen molar-refractivity contribution in [2.45, 2.75) is 110 Å². The van der Waals surface area contributed by atoms with E-state index < -0.39 is 0 Å². The second kappa shape index (κ2) is 12.1.